The van der Waals surface area contributed by atoms with Gasteiger partial charge in [0.1, 0.15) is 5.75 Å². The monoisotopic (exact) mass is 253 g/mol. The van der Waals surface area contributed by atoms with Gasteiger partial charge in [-0.2, -0.15) is 0 Å². The summed E-state index contributed by atoms with van der Waals surface area (Å²) >= 11 is 0. The van der Waals surface area contributed by atoms with Crippen molar-refractivity contribution in [1.82, 2.24) is 15.6 Å². The SMILES string of the molecule is CC.CC(=O)NCCNC(=O)c1cncc(O)c1. The molecule has 100 valence electrons. The van der Waals surface area contributed by atoms with Gasteiger partial charge >= 0.3 is 0 Å². The lowest BCUT2D eigenvalue weighted by Gasteiger charge is -2.05. The summed E-state index contributed by atoms with van der Waals surface area (Å²) in [6.07, 6.45) is 2.60. The number of carbonyl (C=O) groups excluding carboxylic acids is 2. The van der Waals surface area contributed by atoms with Crippen molar-refractivity contribution in [1.29, 1.82) is 0 Å². The molecule has 0 saturated heterocycles. The third kappa shape index (κ3) is 6.47. The maximum absolute atomic E-state index is 11.5. The molecule has 0 bridgehead atoms. The van der Waals surface area contributed by atoms with Crippen LogP contribution in [0.3, 0.4) is 0 Å². The van der Waals surface area contributed by atoms with Crippen LogP contribution in [-0.2, 0) is 4.79 Å². The molecule has 1 heterocycles. The highest BCUT2D eigenvalue weighted by Gasteiger charge is 2.05. The second kappa shape index (κ2) is 8.98. The Labute approximate surface area is 106 Å². The van der Waals surface area contributed by atoms with Gasteiger partial charge in [-0.25, -0.2) is 0 Å². The number of carbonyl (C=O) groups is 2. The van der Waals surface area contributed by atoms with Crippen molar-refractivity contribution in [3.63, 3.8) is 0 Å². The summed E-state index contributed by atoms with van der Waals surface area (Å²) in [5, 5.41) is 14.2. The fourth-order valence-electron chi connectivity index (χ4n) is 1.07. The minimum Gasteiger partial charge on any atom is -0.506 e. The predicted molar refractivity (Wildman–Crippen MR) is 68.3 cm³/mol. The fourth-order valence-corrected chi connectivity index (χ4v) is 1.07. The Morgan fingerprint density at radius 3 is 2.39 bits per heavy atom. The van der Waals surface area contributed by atoms with E-state index in [4.69, 9.17) is 5.11 Å². The molecule has 6 nitrogen and oxygen atoms in total. The first-order valence-corrected chi connectivity index (χ1v) is 5.76. The molecule has 2 amide bonds. The fraction of sp³-hybridized carbons (Fsp3) is 0.417. The van der Waals surface area contributed by atoms with E-state index in [0.717, 1.165) is 0 Å². The zero-order valence-electron chi connectivity index (χ0n) is 10.9. The molecular weight excluding hydrogens is 234 g/mol. The van der Waals surface area contributed by atoms with Crippen LogP contribution in [0.25, 0.3) is 0 Å². The van der Waals surface area contributed by atoms with Gasteiger partial charge in [0, 0.05) is 26.2 Å². The standard InChI is InChI=1S/C10H13N3O3.C2H6/c1-7(14)12-2-3-13-10(16)8-4-9(15)6-11-5-8;1-2/h4-6,15H,2-3H2,1H3,(H,12,14)(H,13,16);1-2H3. The van der Waals surface area contributed by atoms with Crippen molar-refractivity contribution >= 4 is 11.8 Å². The van der Waals surface area contributed by atoms with Gasteiger partial charge in [-0.05, 0) is 6.07 Å². The summed E-state index contributed by atoms with van der Waals surface area (Å²) < 4.78 is 0. The Morgan fingerprint density at radius 1 is 1.22 bits per heavy atom. The minimum absolute atomic E-state index is 0.0606. The van der Waals surface area contributed by atoms with Gasteiger partial charge in [0.05, 0.1) is 11.8 Å². The van der Waals surface area contributed by atoms with E-state index in [9.17, 15) is 9.59 Å². The van der Waals surface area contributed by atoms with Gasteiger partial charge in [0.25, 0.3) is 5.91 Å². The van der Waals surface area contributed by atoms with E-state index in [1.807, 2.05) is 13.8 Å². The zero-order chi connectivity index (χ0) is 14.0. The molecule has 0 aliphatic carbocycles. The number of amides is 2. The highest BCUT2D eigenvalue weighted by atomic mass is 16.3. The Hall–Kier alpha value is -2.11. The van der Waals surface area contributed by atoms with E-state index < -0.39 is 0 Å². The van der Waals surface area contributed by atoms with Gasteiger partial charge in [-0.1, -0.05) is 13.8 Å². The predicted octanol–water partition coefficient (Wildman–Crippen LogP) is 0.679. The summed E-state index contributed by atoms with van der Waals surface area (Å²) in [6.45, 7) is 6.10. The van der Waals surface area contributed by atoms with Gasteiger partial charge in [-0.15, -0.1) is 0 Å². The van der Waals surface area contributed by atoms with Gasteiger partial charge in [0.15, 0.2) is 0 Å². The van der Waals surface area contributed by atoms with Crippen molar-refractivity contribution in [3.05, 3.63) is 24.0 Å². The first kappa shape index (κ1) is 15.9. The van der Waals surface area contributed by atoms with Crippen LogP contribution in [0.2, 0.25) is 0 Å². The number of pyridine rings is 1. The van der Waals surface area contributed by atoms with Crippen LogP contribution in [0.4, 0.5) is 0 Å². The van der Waals surface area contributed by atoms with Crippen molar-refractivity contribution in [2.45, 2.75) is 20.8 Å². The van der Waals surface area contributed by atoms with Gasteiger partial charge in [0.2, 0.25) is 5.91 Å². The molecule has 0 fully saturated rings. The largest absolute Gasteiger partial charge is 0.506 e. The van der Waals surface area contributed by atoms with Crippen molar-refractivity contribution in [3.8, 4) is 5.75 Å². The molecule has 0 aliphatic rings. The number of hydrogen-bond donors (Lipinski definition) is 3. The Balaban J connectivity index is 0.00000137. The molecule has 0 spiro atoms. The Morgan fingerprint density at radius 2 is 1.83 bits per heavy atom. The van der Waals surface area contributed by atoms with Gasteiger partial charge < -0.3 is 15.7 Å². The number of nitrogens with one attached hydrogen (secondary N) is 2. The van der Waals surface area contributed by atoms with E-state index in [0.29, 0.717) is 13.1 Å². The molecule has 0 aliphatic heterocycles. The van der Waals surface area contributed by atoms with Crippen molar-refractivity contribution in [2.24, 2.45) is 0 Å². The van der Waals surface area contributed by atoms with Crippen LogP contribution in [-0.4, -0.2) is 35.0 Å². The average molecular weight is 253 g/mol. The molecule has 0 atom stereocenters. The molecule has 6 heteroatoms. The van der Waals surface area contributed by atoms with E-state index in [1.165, 1.54) is 25.4 Å². The molecule has 1 aromatic heterocycles. The summed E-state index contributed by atoms with van der Waals surface area (Å²) in [6, 6.07) is 1.32. The summed E-state index contributed by atoms with van der Waals surface area (Å²) in [5.74, 6) is -0.545. The topological polar surface area (TPSA) is 91.3 Å². The zero-order valence-corrected chi connectivity index (χ0v) is 10.9. The Bertz CT molecular complexity index is 394. The quantitative estimate of drug-likeness (QED) is 0.688. The second-order valence-electron chi connectivity index (χ2n) is 3.17. The maximum atomic E-state index is 11.5. The van der Waals surface area contributed by atoms with E-state index in [-0.39, 0.29) is 23.1 Å². The van der Waals surface area contributed by atoms with Crippen LogP contribution in [0, 0.1) is 0 Å². The number of aromatic hydroxyl groups is 1. The Kier molecular flexibility index (Phi) is 7.92. The molecular formula is C12H19N3O3. The number of nitrogens with zero attached hydrogens (tertiary/aromatic N) is 1. The van der Waals surface area contributed by atoms with Crippen molar-refractivity contribution < 1.29 is 14.7 Å². The van der Waals surface area contributed by atoms with Crippen LogP contribution in [0.1, 0.15) is 31.1 Å². The van der Waals surface area contributed by atoms with E-state index in [2.05, 4.69) is 15.6 Å². The lowest BCUT2D eigenvalue weighted by atomic mass is 10.2. The van der Waals surface area contributed by atoms with Crippen LogP contribution < -0.4 is 10.6 Å². The van der Waals surface area contributed by atoms with E-state index >= 15 is 0 Å². The highest BCUT2D eigenvalue weighted by molar-refractivity contribution is 5.94. The number of hydrogen-bond acceptors (Lipinski definition) is 4. The number of rotatable bonds is 4. The minimum atomic E-state index is -0.339. The highest BCUT2D eigenvalue weighted by Crippen LogP contribution is 2.07. The van der Waals surface area contributed by atoms with Crippen LogP contribution in [0.15, 0.2) is 18.5 Å². The summed E-state index contributed by atoms with van der Waals surface area (Å²) in [4.78, 5) is 25.7. The summed E-state index contributed by atoms with van der Waals surface area (Å²) in [5.41, 5.74) is 0.280. The molecule has 0 saturated carbocycles. The first-order valence-electron chi connectivity index (χ1n) is 5.76. The smallest absolute Gasteiger partial charge is 0.253 e. The second-order valence-corrected chi connectivity index (χ2v) is 3.17. The van der Waals surface area contributed by atoms with Crippen LogP contribution in [0.5, 0.6) is 5.75 Å². The van der Waals surface area contributed by atoms with E-state index in [1.54, 1.807) is 0 Å². The van der Waals surface area contributed by atoms with Gasteiger partial charge in [-0.3, -0.25) is 14.6 Å². The third-order valence-electron chi connectivity index (χ3n) is 1.77. The molecule has 0 unspecified atom stereocenters. The molecule has 0 radical (unpaired) electrons. The molecule has 18 heavy (non-hydrogen) atoms. The average Bonchev–Trinajstić information content (AvgIpc) is 2.36. The molecule has 3 N–H and O–H groups in total. The van der Waals surface area contributed by atoms with Crippen LogP contribution >= 0.6 is 0 Å². The molecule has 0 aromatic carbocycles. The lowest BCUT2D eigenvalue weighted by molar-refractivity contribution is -0.118. The maximum Gasteiger partial charge on any atom is 0.253 e. The normalized spacial score (nSPS) is 8.83. The first-order chi connectivity index (χ1) is 8.59. The molecule has 1 rings (SSSR count). The third-order valence-corrected chi connectivity index (χ3v) is 1.77. The molecule has 1 aromatic rings. The number of aromatic nitrogens is 1. The summed E-state index contributed by atoms with van der Waals surface area (Å²) in [7, 11) is 0. The lowest BCUT2D eigenvalue weighted by Crippen LogP contribution is -2.33. The van der Waals surface area contributed by atoms with Crippen molar-refractivity contribution in [2.75, 3.05) is 13.1 Å².